The molecule has 0 aliphatic carbocycles. The second-order valence-electron chi connectivity index (χ2n) is 5.54. The number of carbonyl (C=O) groups excluding carboxylic acids is 2. The van der Waals surface area contributed by atoms with E-state index in [0.29, 0.717) is 16.4 Å². The van der Waals surface area contributed by atoms with Crippen LogP contribution >= 0.6 is 11.3 Å². The molecule has 1 aromatic heterocycles. The van der Waals surface area contributed by atoms with Gasteiger partial charge in [-0.2, -0.15) is 0 Å². The van der Waals surface area contributed by atoms with Gasteiger partial charge in [0.1, 0.15) is 12.4 Å². The zero-order valence-electron chi connectivity index (χ0n) is 15.0. The minimum absolute atomic E-state index is 0.0502. The maximum atomic E-state index is 12.2. The maximum absolute atomic E-state index is 12.2. The Balaban J connectivity index is 1.51. The first-order chi connectivity index (χ1) is 13.6. The van der Waals surface area contributed by atoms with Gasteiger partial charge in [-0.1, -0.05) is 41.7 Å². The van der Waals surface area contributed by atoms with Crippen LogP contribution in [-0.4, -0.2) is 29.2 Å². The molecule has 1 heterocycles. The summed E-state index contributed by atoms with van der Waals surface area (Å²) in [6, 6.07) is 16.3. The molecule has 0 saturated carbocycles. The van der Waals surface area contributed by atoms with Gasteiger partial charge in [0.15, 0.2) is 5.01 Å². The Labute approximate surface area is 165 Å². The molecule has 0 spiro atoms. The van der Waals surface area contributed by atoms with Crippen LogP contribution in [0.4, 0.5) is 5.69 Å². The maximum Gasteiger partial charge on any atom is 0.331 e. The molecule has 142 valence electrons. The molecule has 3 aromatic rings. The van der Waals surface area contributed by atoms with Gasteiger partial charge in [0, 0.05) is 11.8 Å². The highest BCUT2D eigenvalue weighted by molar-refractivity contribution is 7.13. The average molecular weight is 395 g/mol. The van der Waals surface area contributed by atoms with Gasteiger partial charge in [-0.05, 0) is 35.9 Å². The van der Waals surface area contributed by atoms with Crippen molar-refractivity contribution in [3.63, 3.8) is 0 Å². The smallest absolute Gasteiger partial charge is 0.331 e. The fourth-order valence-corrected chi connectivity index (χ4v) is 2.82. The van der Waals surface area contributed by atoms with Gasteiger partial charge in [0.05, 0.1) is 7.11 Å². The summed E-state index contributed by atoms with van der Waals surface area (Å²) in [5.41, 5.74) is 1.51. The summed E-state index contributed by atoms with van der Waals surface area (Å²) < 4.78 is 10.2. The number of hydrogen-bond acceptors (Lipinski definition) is 7. The van der Waals surface area contributed by atoms with Crippen molar-refractivity contribution in [3.8, 4) is 5.75 Å². The van der Waals surface area contributed by atoms with Crippen molar-refractivity contribution in [3.05, 3.63) is 76.3 Å². The fraction of sp³-hybridized carbons (Fsp3) is 0.100. The third-order valence-electron chi connectivity index (χ3n) is 3.56. The Morgan fingerprint density at radius 1 is 1.07 bits per heavy atom. The summed E-state index contributed by atoms with van der Waals surface area (Å²) in [7, 11) is 1.57. The molecule has 0 aliphatic heterocycles. The van der Waals surface area contributed by atoms with E-state index in [4.69, 9.17) is 9.47 Å². The Kier molecular flexibility index (Phi) is 6.48. The van der Waals surface area contributed by atoms with Crippen molar-refractivity contribution >= 4 is 35.0 Å². The van der Waals surface area contributed by atoms with E-state index in [9.17, 15) is 9.59 Å². The zero-order valence-corrected chi connectivity index (χ0v) is 15.8. The number of nitrogens with zero attached hydrogens (tertiary/aromatic N) is 2. The highest BCUT2D eigenvalue weighted by atomic mass is 32.1. The topological polar surface area (TPSA) is 90.4 Å². The van der Waals surface area contributed by atoms with E-state index < -0.39 is 5.97 Å². The van der Waals surface area contributed by atoms with Gasteiger partial charge in [-0.3, -0.25) is 4.79 Å². The van der Waals surface area contributed by atoms with Crippen molar-refractivity contribution in [2.24, 2.45) is 0 Å². The number of amides is 1. The summed E-state index contributed by atoms with van der Waals surface area (Å²) in [5.74, 6) is -0.188. The van der Waals surface area contributed by atoms with E-state index in [1.807, 2.05) is 30.3 Å². The Hall–Kier alpha value is -3.52. The molecule has 0 saturated heterocycles. The molecule has 1 N–H and O–H groups in total. The number of anilines is 1. The van der Waals surface area contributed by atoms with Crippen LogP contribution in [0.5, 0.6) is 5.75 Å². The lowest BCUT2D eigenvalue weighted by atomic mass is 10.2. The van der Waals surface area contributed by atoms with Crippen LogP contribution in [0.3, 0.4) is 0 Å². The number of hydrogen-bond donors (Lipinski definition) is 1. The van der Waals surface area contributed by atoms with Gasteiger partial charge in [-0.15, -0.1) is 10.2 Å². The second-order valence-corrected chi connectivity index (χ2v) is 6.60. The third kappa shape index (κ3) is 5.49. The molecule has 2 aromatic carbocycles. The molecule has 3 rings (SSSR count). The van der Waals surface area contributed by atoms with Gasteiger partial charge < -0.3 is 14.8 Å². The molecule has 7 nitrogen and oxygen atoms in total. The van der Waals surface area contributed by atoms with E-state index in [-0.39, 0.29) is 17.5 Å². The number of aromatic nitrogens is 2. The van der Waals surface area contributed by atoms with Crippen LogP contribution in [0.1, 0.15) is 20.4 Å². The van der Waals surface area contributed by atoms with E-state index in [1.54, 1.807) is 37.5 Å². The number of benzene rings is 2. The SMILES string of the molecule is COc1ccc(NC(=O)c2nnc(COC(=O)/C=C/c3ccccc3)s2)cc1. The molecule has 0 aliphatic rings. The summed E-state index contributed by atoms with van der Waals surface area (Å²) in [5, 5.41) is 11.1. The van der Waals surface area contributed by atoms with Crippen molar-refractivity contribution in [1.29, 1.82) is 0 Å². The number of rotatable bonds is 7. The largest absolute Gasteiger partial charge is 0.497 e. The molecule has 1 amide bonds. The Morgan fingerprint density at radius 2 is 1.82 bits per heavy atom. The number of carbonyl (C=O) groups is 2. The van der Waals surface area contributed by atoms with Crippen LogP contribution in [0, 0.1) is 0 Å². The Morgan fingerprint density at radius 3 is 2.54 bits per heavy atom. The molecular formula is C20H17N3O4S. The first-order valence-electron chi connectivity index (χ1n) is 8.32. The number of ether oxygens (including phenoxy) is 2. The third-order valence-corrected chi connectivity index (χ3v) is 4.45. The van der Waals surface area contributed by atoms with Crippen molar-refractivity contribution in [1.82, 2.24) is 10.2 Å². The van der Waals surface area contributed by atoms with E-state index in [2.05, 4.69) is 15.5 Å². The minimum Gasteiger partial charge on any atom is -0.497 e. The van der Waals surface area contributed by atoms with Crippen LogP contribution in [-0.2, 0) is 16.1 Å². The standard InChI is InChI=1S/C20H17N3O4S/c1-26-16-10-8-15(9-11-16)21-19(25)20-23-22-17(28-20)13-27-18(24)12-7-14-5-3-2-4-6-14/h2-12H,13H2,1H3,(H,21,25)/b12-7+. The quantitative estimate of drug-likeness (QED) is 0.486. The molecule has 8 heteroatoms. The molecule has 0 radical (unpaired) electrons. The van der Waals surface area contributed by atoms with E-state index >= 15 is 0 Å². The minimum atomic E-state index is -0.497. The monoisotopic (exact) mass is 395 g/mol. The summed E-state index contributed by atoms with van der Waals surface area (Å²) in [4.78, 5) is 24.0. The first kappa shape index (κ1) is 19.2. The zero-order chi connectivity index (χ0) is 19.8. The molecule has 0 atom stereocenters. The lowest BCUT2D eigenvalue weighted by molar-refractivity contribution is -0.138. The van der Waals surface area contributed by atoms with Gasteiger partial charge in [0.25, 0.3) is 5.91 Å². The van der Waals surface area contributed by atoms with Crippen molar-refractivity contribution in [2.75, 3.05) is 12.4 Å². The van der Waals surface area contributed by atoms with Crippen molar-refractivity contribution in [2.45, 2.75) is 6.61 Å². The van der Waals surface area contributed by atoms with Crippen LogP contribution in [0.2, 0.25) is 0 Å². The molecule has 0 fully saturated rings. The van der Waals surface area contributed by atoms with Crippen LogP contribution in [0.25, 0.3) is 6.08 Å². The number of esters is 1. The lowest BCUT2D eigenvalue weighted by Crippen LogP contribution is -2.11. The second kappa shape index (κ2) is 9.43. The van der Waals surface area contributed by atoms with Crippen molar-refractivity contribution < 1.29 is 19.1 Å². The summed E-state index contributed by atoms with van der Waals surface area (Å²) in [6.45, 7) is -0.0502. The number of methoxy groups -OCH3 is 1. The highest BCUT2D eigenvalue weighted by Crippen LogP contribution is 2.17. The normalized spacial score (nSPS) is 10.6. The van der Waals surface area contributed by atoms with E-state index in [0.717, 1.165) is 16.9 Å². The van der Waals surface area contributed by atoms with Crippen LogP contribution < -0.4 is 10.1 Å². The first-order valence-corrected chi connectivity index (χ1v) is 9.13. The fourth-order valence-electron chi connectivity index (χ4n) is 2.17. The van der Waals surface area contributed by atoms with Gasteiger partial charge in [0.2, 0.25) is 5.01 Å². The predicted molar refractivity (Wildman–Crippen MR) is 106 cm³/mol. The molecule has 28 heavy (non-hydrogen) atoms. The molecule has 0 bridgehead atoms. The summed E-state index contributed by atoms with van der Waals surface area (Å²) in [6.07, 6.45) is 3.00. The number of nitrogens with one attached hydrogen (secondary N) is 1. The summed E-state index contributed by atoms with van der Waals surface area (Å²) >= 11 is 1.06. The van der Waals surface area contributed by atoms with Crippen LogP contribution in [0.15, 0.2) is 60.7 Å². The molecular weight excluding hydrogens is 378 g/mol. The van der Waals surface area contributed by atoms with E-state index in [1.165, 1.54) is 6.08 Å². The van der Waals surface area contributed by atoms with Gasteiger partial charge in [-0.25, -0.2) is 4.79 Å². The lowest BCUT2D eigenvalue weighted by Gasteiger charge is -2.03. The highest BCUT2D eigenvalue weighted by Gasteiger charge is 2.14. The molecule has 0 unspecified atom stereocenters. The Bertz CT molecular complexity index is 969. The average Bonchev–Trinajstić information content (AvgIpc) is 3.21. The van der Waals surface area contributed by atoms with Gasteiger partial charge >= 0.3 is 5.97 Å². The predicted octanol–water partition coefficient (Wildman–Crippen LogP) is 3.56.